The molecule has 0 saturated carbocycles. The van der Waals surface area contributed by atoms with Crippen LogP contribution < -0.4 is 5.32 Å². The number of halogens is 3. The van der Waals surface area contributed by atoms with Gasteiger partial charge in [0.2, 0.25) is 5.91 Å². The smallest absolute Gasteiger partial charge is 0.234 e. The number of anilines is 1. The monoisotopic (exact) mass is 411 g/mol. The van der Waals surface area contributed by atoms with Gasteiger partial charge in [0.05, 0.1) is 22.5 Å². The summed E-state index contributed by atoms with van der Waals surface area (Å²) in [7, 11) is 1.87. The molecule has 1 aromatic heterocycles. The van der Waals surface area contributed by atoms with Crippen molar-refractivity contribution in [3.8, 4) is 0 Å². The van der Waals surface area contributed by atoms with Crippen LogP contribution in [-0.2, 0) is 11.8 Å². The van der Waals surface area contributed by atoms with Crippen molar-refractivity contribution in [1.82, 2.24) is 9.55 Å². The van der Waals surface area contributed by atoms with Crippen molar-refractivity contribution in [2.45, 2.75) is 5.16 Å². The normalized spacial score (nSPS) is 11.0. The van der Waals surface area contributed by atoms with Gasteiger partial charge in [-0.2, -0.15) is 0 Å². The molecule has 1 heterocycles. The molecule has 1 N–H and O–H groups in total. The fourth-order valence-corrected chi connectivity index (χ4v) is 3.51. The summed E-state index contributed by atoms with van der Waals surface area (Å²) >= 11 is 4.28. The van der Waals surface area contributed by atoms with Gasteiger partial charge in [-0.05, 0) is 34.1 Å². The molecule has 0 radical (unpaired) electrons. The second kappa shape index (κ2) is 6.90. The van der Waals surface area contributed by atoms with E-state index in [-0.39, 0.29) is 15.9 Å². The largest absolute Gasteiger partial charge is 0.322 e. The Balaban J connectivity index is 1.70. The van der Waals surface area contributed by atoms with Crippen LogP contribution in [0.2, 0.25) is 0 Å². The van der Waals surface area contributed by atoms with Crippen molar-refractivity contribution >= 4 is 50.3 Å². The van der Waals surface area contributed by atoms with Gasteiger partial charge >= 0.3 is 0 Å². The summed E-state index contributed by atoms with van der Waals surface area (Å²) in [6, 6.07) is 9.46. The summed E-state index contributed by atoms with van der Waals surface area (Å²) in [5.41, 5.74) is 1.73. The molecule has 0 unspecified atom stereocenters. The maximum Gasteiger partial charge on any atom is 0.234 e. The van der Waals surface area contributed by atoms with Crippen molar-refractivity contribution < 1.29 is 13.6 Å². The molecule has 0 aliphatic rings. The van der Waals surface area contributed by atoms with E-state index in [1.165, 1.54) is 11.8 Å². The number of carbonyl (C=O) groups is 1. The van der Waals surface area contributed by atoms with Gasteiger partial charge in [0.15, 0.2) is 11.0 Å². The Morgan fingerprint density at radius 2 is 2.08 bits per heavy atom. The Kier molecular flexibility index (Phi) is 4.86. The van der Waals surface area contributed by atoms with Gasteiger partial charge in [-0.15, -0.1) is 0 Å². The maximum atomic E-state index is 13.7. The Labute approximate surface area is 149 Å². The highest BCUT2D eigenvalue weighted by Gasteiger charge is 2.14. The van der Waals surface area contributed by atoms with E-state index in [0.717, 1.165) is 23.2 Å². The number of fused-ring (bicyclic) bond motifs is 1. The highest BCUT2D eigenvalue weighted by atomic mass is 79.9. The van der Waals surface area contributed by atoms with Crippen molar-refractivity contribution in [2.24, 2.45) is 7.05 Å². The average molecular weight is 412 g/mol. The molecule has 3 aromatic rings. The van der Waals surface area contributed by atoms with E-state index in [2.05, 4.69) is 26.2 Å². The van der Waals surface area contributed by atoms with E-state index >= 15 is 0 Å². The number of aromatic nitrogens is 2. The predicted octanol–water partition coefficient (Wildman–Crippen LogP) is 4.34. The lowest BCUT2D eigenvalue weighted by molar-refractivity contribution is -0.113. The molecule has 0 saturated heterocycles. The van der Waals surface area contributed by atoms with Crippen LogP contribution in [0.5, 0.6) is 0 Å². The molecule has 24 heavy (non-hydrogen) atoms. The van der Waals surface area contributed by atoms with Gasteiger partial charge in [-0.25, -0.2) is 13.8 Å². The molecule has 1 amide bonds. The lowest BCUT2D eigenvalue weighted by atomic mass is 10.3. The first-order valence-electron chi connectivity index (χ1n) is 6.94. The number of nitrogens with zero attached hydrogens (tertiary/aromatic N) is 2. The fourth-order valence-electron chi connectivity index (χ4n) is 2.22. The van der Waals surface area contributed by atoms with Gasteiger partial charge in [-0.3, -0.25) is 4.79 Å². The van der Waals surface area contributed by atoms with Crippen LogP contribution in [0, 0.1) is 11.6 Å². The number of nitrogens with one attached hydrogen (secondary N) is 1. The minimum absolute atomic E-state index is 0.0560. The van der Waals surface area contributed by atoms with Gasteiger partial charge in [0.1, 0.15) is 5.82 Å². The minimum atomic E-state index is -0.831. The van der Waals surface area contributed by atoms with Crippen LogP contribution in [0.1, 0.15) is 0 Å². The van der Waals surface area contributed by atoms with Crippen LogP contribution in [0.15, 0.2) is 46.0 Å². The summed E-state index contributed by atoms with van der Waals surface area (Å²) < 4.78 is 28.8. The molecule has 0 atom stereocenters. The van der Waals surface area contributed by atoms with Crippen LogP contribution in [0.4, 0.5) is 14.5 Å². The average Bonchev–Trinajstić information content (AvgIpc) is 2.85. The maximum absolute atomic E-state index is 13.7. The number of amides is 1. The molecule has 0 fully saturated rings. The topological polar surface area (TPSA) is 46.9 Å². The summed E-state index contributed by atoms with van der Waals surface area (Å²) in [6.07, 6.45) is 0. The number of hydrogen-bond donors (Lipinski definition) is 1. The van der Waals surface area contributed by atoms with Gasteiger partial charge in [0.25, 0.3) is 0 Å². The molecule has 3 rings (SSSR count). The second-order valence-corrected chi connectivity index (χ2v) is 6.82. The van der Waals surface area contributed by atoms with Crippen LogP contribution in [0.3, 0.4) is 0 Å². The van der Waals surface area contributed by atoms with Crippen LogP contribution in [-0.4, -0.2) is 21.2 Å². The number of rotatable bonds is 4. The summed E-state index contributed by atoms with van der Waals surface area (Å²) in [6.45, 7) is 0. The molecular weight excluding hydrogens is 400 g/mol. The first-order valence-corrected chi connectivity index (χ1v) is 8.72. The van der Waals surface area contributed by atoms with Gasteiger partial charge < -0.3 is 9.88 Å². The molecule has 0 bridgehead atoms. The van der Waals surface area contributed by atoms with Crippen molar-refractivity contribution in [1.29, 1.82) is 0 Å². The summed E-state index contributed by atoms with van der Waals surface area (Å²) in [5.74, 6) is -1.90. The highest BCUT2D eigenvalue weighted by molar-refractivity contribution is 9.10. The van der Waals surface area contributed by atoms with E-state index in [1.807, 2.05) is 35.9 Å². The minimum Gasteiger partial charge on any atom is -0.322 e. The van der Waals surface area contributed by atoms with Crippen molar-refractivity contribution in [3.63, 3.8) is 0 Å². The van der Waals surface area contributed by atoms with Crippen LogP contribution >= 0.6 is 27.7 Å². The lowest BCUT2D eigenvalue weighted by Crippen LogP contribution is -2.16. The zero-order chi connectivity index (χ0) is 17.3. The molecule has 4 nitrogen and oxygen atoms in total. The number of hydrogen-bond acceptors (Lipinski definition) is 3. The molecule has 0 aliphatic heterocycles. The third kappa shape index (κ3) is 3.44. The summed E-state index contributed by atoms with van der Waals surface area (Å²) in [4.78, 5) is 16.5. The zero-order valence-corrected chi connectivity index (χ0v) is 14.9. The van der Waals surface area contributed by atoms with E-state index in [9.17, 15) is 13.6 Å². The summed E-state index contributed by atoms with van der Waals surface area (Å²) in [5, 5.41) is 3.13. The SMILES string of the molecule is Cn1c(SCC(=O)Nc2c(F)cc(F)cc2Br)nc2ccccc21. The quantitative estimate of drug-likeness (QED) is 0.649. The van der Waals surface area contributed by atoms with Gasteiger partial charge in [0, 0.05) is 17.6 Å². The predicted molar refractivity (Wildman–Crippen MR) is 94.1 cm³/mol. The van der Waals surface area contributed by atoms with E-state index in [1.54, 1.807) is 0 Å². The molecule has 8 heteroatoms. The Morgan fingerprint density at radius 3 is 2.79 bits per heavy atom. The highest BCUT2D eigenvalue weighted by Crippen LogP contribution is 2.28. The number of aryl methyl sites for hydroxylation is 1. The number of para-hydroxylation sites is 2. The molecule has 0 spiro atoms. The third-order valence-corrected chi connectivity index (χ3v) is 5.01. The molecule has 124 valence electrons. The molecule has 0 aliphatic carbocycles. The van der Waals surface area contributed by atoms with Crippen LogP contribution in [0.25, 0.3) is 11.0 Å². The zero-order valence-electron chi connectivity index (χ0n) is 12.5. The van der Waals surface area contributed by atoms with E-state index < -0.39 is 17.5 Å². The standard InChI is InChI=1S/C16H12BrF2N3OS/c1-22-13-5-3-2-4-12(13)20-16(22)24-8-14(23)21-15-10(17)6-9(18)7-11(15)19/h2-7H,8H2,1H3,(H,21,23). The van der Waals surface area contributed by atoms with E-state index in [0.29, 0.717) is 5.16 Å². The Hall–Kier alpha value is -1.93. The fraction of sp³-hybridized carbons (Fsp3) is 0.125. The number of imidazole rings is 1. The molecular formula is C16H12BrF2N3OS. The number of benzene rings is 2. The van der Waals surface area contributed by atoms with Gasteiger partial charge in [-0.1, -0.05) is 23.9 Å². The van der Waals surface area contributed by atoms with E-state index in [4.69, 9.17) is 0 Å². The number of carbonyl (C=O) groups excluding carboxylic acids is 1. The molecule has 2 aromatic carbocycles. The number of thioether (sulfide) groups is 1. The first-order chi connectivity index (χ1) is 11.5. The third-order valence-electron chi connectivity index (χ3n) is 3.35. The second-order valence-electron chi connectivity index (χ2n) is 5.02. The van der Waals surface area contributed by atoms with Crippen molar-refractivity contribution in [2.75, 3.05) is 11.1 Å². The Morgan fingerprint density at radius 1 is 1.33 bits per heavy atom. The lowest BCUT2D eigenvalue weighted by Gasteiger charge is -2.08. The Bertz CT molecular complexity index is 906. The first kappa shape index (κ1) is 16.9. The van der Waals surface area contributed by atoms with Crippen molar-refractivity contribution in [3.05, 3.63) is 52.5 Å².